The van der Waals surface area contributed by atoms with Crippen molar-refractivity contribution in [2.45, 2.75) is 33.4 Å². The molecule has 2 rings (SSSR count). The van der Waals surface area contributed by atoms with Crippen LogP contribution >= 0.6 is 46.9 Å². The largest absolute Gasteiger partial charge is 0.354 e. The Bertz CT molecular complexity index is 726. The number of aliphatic imine (C=N–C) groups is 1. The van der Waals surface area contributed by atoms with Crippen LogP contribution in [-0.4, -0.2) is 45.8 Å². The summed E-state index contributed by atoms with van der Waals surface area (Å²) in [4.78, 5) is 7.94. The van der Waals surface area contributed by atoms with Crippen molar-refractivity contribution in [1.29, 1.82) is 0 Å². The fourth-order valence-corrected chi connectivity index (χ4v) is 3.44. The van der Waals surface area contributed by atoms with Crippen LogP contribution in [-0.2, 0) is 19.5 Å². The second kappa shape index (κ2) is 11.6. The molecule has 2 heterocycles. The number of aromatic nitrogens is 3. The number of thiophene rings is 1. The highest BCUT2D eigenvalue weighted by Gasteiger charge is 2.09. The van der Waals surface area contributed by atoms with E-state index in [2.05, 4.69) is 43.5 Å². The standard InChI is InChI=1S/C17H25ClN6S.HI/c1-5-16-22-21-12-24(16)9-8-19-17(20-10-13(2)3)23(4)11-14-6-7-15(18)25-14;/h6-7,12H,2,5,8-11H2,1,3-4H3,(H,19,20);1H. The van der Waals surface area contributed by atoms with Crippen molar-refractivity contribution >= 4 is 52.9 Å². The summed E-state index contributed by atoms with van der Waals surface area (Å²) in [6.07, 6.45) is 2.64. The van der Waals surface area contributed by atoms with Crippen LogP contribution in [0.3, 0.4) is 0 Å². The normalized spacial score (nSPS) is 11.2. The molecule has 0 amide bonds. The molecule has 1 N–H and O–H groups in total. The second-order valence-electron chi connectivity index (χ2n) is 5.88. The van der Waals surface area contributed by atoms with Crippen LogP contribution in [0.5, 0.6) is 0 Å². The summed E-state index contributed by atoms with van der Waals surface area (Å²) in [5.41, 5.74) is 1.03. The highest BCUT2D eigenvalue weighted by Crippen LogP contribution is 2.22. The molecule has 9 heteroatoms. The summed E-state index contributed by atoms with van der Waals surface area (Å²) in [6.45, 7) is 10.9. The van der Waals surface area contributed by atoms with Crippen molar-refractivity contribution in [3.8, 4) is 0 Å². The van der Waals surface area contributed by atoms with Crippen LogP contribution in [0.25, 0.3) is 0 Å². The van der Waals surface area contributed by atoms with Crippen molar-refractivity contribution < 1.29 is 0 Å². The van der Waals surface area contributed by atoms with Crippen LogP contribution < -0.4 is 5.32 Å². The second-order valence-corrected chi connectivity index (χ2v) is 7.68. The van der Waals surface area contributed by atoms with E-state index in [1.54, 1.807) is 17.7 Å². The summed E-state index contributed by atoms with van der Waals surface area (Å²) in [5.74, 6) is 1.84. The molecule has 26 heavy (non-hydrogen) atoms. The molecule has 2 aromatic rings. The van der Waals surface area contributed by atoms with Gasteiger partial charge in [-0.1, -0.05) is 30.7 Å². The van der Waals surface area contributed by atoms with Crippen molar-refractivity contribution in [3.63, 3.8) is 0 Å². The summed E-state index contributed by atoms with van der Waals surface area (Å²) < 4.78 is 2.86. The molecule has 144 valence electrons. The van der Waals surface area contributed by atoms with E-state index in [1.807, 2.05) is 26.1 Å². The topological polar surface area (TPSA) is 58.3 Å². The molecule has 0 fully saturated rings. The Morgan fingerprint density at radius 3 is 2.85 bits per heavy atom. The summed E-state index contributed by atoms with van der Waals surface area (Å²) >= 11 is 7.61. The highest BCUT2D eigenvalue weighted by atomic mass is 127. The zero-order chi connectivity index (χ0) is 18.2. The Hall–Kier alpha value is -1.13. The number of aryl methyl sites for hydroxylation is 1. The maximum atomic E-state index is 6.02. The number of guanidine groups is 1. The van der Waals surface area contributed by atoms with Crippen molar-refractivity contribution in [2.24, 2.45) is 4.99 Å². The molecule has 6 nitrogen and oxygen atoms in total. The first kappa shape index (κ1) is 22.9. The maximum absolute atomic E-state index is 6.02. The lowest BCUT2D eigenvalue weighted by molar-refractivity contribution is 0.475. The van der Waals surface area contributed by atoms with Gasteiger partial charge in [0.1, 0.15) is 12.2 Å². The van der Waals surface area contributed by atoms with Gasteiger partial charge in [0.05, 0.1) is 17.4 Å². The molecule has 0 aliphatic rings. The van der Waals surface area contributed by atoms with Crippen molar-refractivity contribution in [1.82, 2.24) is 25.0 Å². The number of nitrogens with zero attached hydrogens (tertiary/aromatic N) is 5. The zero-order valence-electron chi connectivity index (χ0n) is 15.4. The number of hydrogen-bond acceptors (Lipinski definition) is 4. The molecule has 0 radical (unpaired) electrons. The van der Waals surface area contributed by atoms with Gasteiger partial charge in [-0.2, -0.15) is 0 Å². The smallest absolute Gasteiger partial charge is 0.194 e. The minimum atomic E-state index is 0. The van der Waals surface area contributed by atoms with Gasteiger partial charge in [0.15, 0.2) is 5.96 Å². The molecule has 0 aliphatic carbocycles. The van der Waals surface area contributed by atoms with Crippen molar-refractivity contribution in [3.05, 3.63) is 45.6 Å². The number of hydrogen-bond donors (Lipinski definition) is 1. The van der Waals surface area contributed by atoms with Crippen LogP contribution in [0.2, 0.25) is 4.34 Å². The van der Waals surface area contributed by atoms with Gasteiger partial charge in [0, 0.05) is 31.4 Å². The quantitative estimate of drug-likeness (QED) is 0.255. The van der Waals surface area contributed by atoms with Gasteiger partial charge < -0.3 is 14.8 Å². The monoisotopic (exact) mass is 508 g/mol. The molecular formula is C17H26ClIN6S. The van der Waals surface area contributed by atoms with E-state index in [1.165, 1.54) is 4.88 Å². The SMILES string of the molecule is C=C(C)CN=C(NCCn1cnnc1CC)N(C)Cc1ccc(Cl)s1.I. The third-order valence-corrected chi connectivity index (χ3v) is 4.75. The van der Waals surface area contributed by atoms with E-state index in [4.69, 9.17) is 11.6 Å². The number of nitrogens with one attached hydrogen (secondary N) is 1. The van der Waals surface area contributed by atoms with Gasteiger partial charge in [0.25, 0.3) is 0 Å². The average Bonchev–Trinajstić information content (AvgIpc) is 3.18. The van der Waals surface area contributed by atoms with Gasteiger partial charge in [-0.05, 0) is 19.1 Å². The van der Waals surface area contributed by atoms with Gasteiger partial charge >= 0.3 is 0 Å². The predicted octanol–water partition coefficient (Wildman–Crippen LogP) is 3.83. The van der Waals surface area contributed by atoms with Crippen LogP contribution in [0.15, 0.2) is 35.6 Å². The Morgan fingerprint density at radius 2 is 2.23 bits per heavy atom. The average molecular weight is 509 g/mol. The van der Waals surface area contributed by atoms with E-state index in [0.717, 1.165) is 47.7 Å². The molecule has 0 bridgehead atoms. The minimum Gasteiger partial charge on any atom is -0.354 e. The molecule has 0 saturated heterocycles. The van der Waals surface area contributed by atoms with E-state index in [9.17, 15) is 0 Å². The van der Waals surface area contributed by atoms with Gasteiger partial charge in [-0.15, -0.1) is 45.5 Å². The first-order valence-corrected chi connectivity index (χ1v) is 9.43. The van der Waals surface area contributed by atoms with Crippen molar-refractivity contribution in [2.75, 3.05) is 20.1 Å². The Balaban J connectivity index is 0.00000338. The lowest BCUT2D eigenvalue weighted by Crippen LogP contribution is -2.40. The molecule has 2 aromatic heterocycles. The fourth-order valence-electron chi connectivity index (χ4n) is 2.29. The lowest BCUT2D eigenvalue weighted by atomic mass is 10.3. The maximum Gasteiger partial charge on any atom is 0.194 e. The molecule has 0 saturated carbocycles. The van der Waals surface area contributed by atoms with Crippen LogP contribution in [0, 0.1) is 0 Å². The minimum absolute atomic E-state index is 0. The van der Waals surface area contributed by atoms with E-state index in [0.29, 0.717) is 6.54 Å². The van der Waals surface area contributed by atoms with Gasteiger partial charge in [0.2, 0.25) is 0 Å². The highest BCUT2D eigenvalue weighted by molar-refractivity contribution is 14.0. The Labute approximate surface area is 181 Å². The summed E-state index contributed by atoms with van der Waals surface area (Å²) in [5, 5.41) is 11.5. The third-order valence-electron chi connectivity index (χ3n) is 3.53. The molecule has 0 spiro atoms. The predicted molar refractivity (Wildman–Crippen MR) is 121 cm³/mol. The Kier molecular flexibility index (Phi) is 10.2. The van der Waals surface area contributed by atoms with E-state index < -0.39 is 0 Å². The molecule has 0 unspecified atom stereocenters. The molecular weight excluding hydrogens is 483 g/mol. The molecule has 0 atom stereocenters. The van der Waals surface area contributed by atoms with Crippen LogP contribution in [0.1, 0.15) is 24.5 Å². The Morgan fingerprint density at radius 1 is 1.46 bits per heavy atom. The molecule has 0 aliphatic heterocycles. The zero-order valence-corrected chi connectivity index (χ0v) is 19.3. The number of halogens is 2. The van der Waals surface area contributed by atoms with E-state index in [-0.39, 0.29) is 24.0 Å². The summed E-state index contributed by atoms with van der Waals surface area (Å²) in [7, 11) is 2.02. The summed E-state index contributed by atoms with van der Waals surface area (Å²) in [6, 6.07) is 3.97. The van der Waals surface area contributed by atoms with Crippen LogP contribution in [0.4, 0.5) is 0 Å². The van der Waals surface area contributed by atoms with Gasteiger partial charge in [-0.3, -0.25) is 0 Å². The van der Waals surface area contributed by atoms with Gasteiger partial charge in [-0.25, -0.2) is 4.99 Å². The first-order chi connectivity index (χ1) is 12.0. The van der Waals surface area contributed by atoms with E-state index >= 15 is 0 Å². The third kappa shape index (κ3) is 7.24. The number of rotatable bonds is 8. The lowest BCUT2D eigenvalue weighted by Gasteiger charge is -2.22. The first-order valence-electron chi connectivity index (χ1n) is 8.24. The fraction of sp³-hybridized carbons (Fsp3) is 0.471. The molecule has 0 aromatic carbocycles.